The molecule has 3 rings (SSSR count). The van der Waals surface area contributed by atoms with Crippen LogP contribution in [0.3, 0.4) is 0 Å². The van der Waals surface area contributed by atoms with Gasteiger partial charge in [-0.2, -0.15) is 0 Å². The van der Waals surface area contributed by atoms with E-state index in [4.69, 9.17) is 11.6 Å². The van der Waals surface area contributed by atoms with Gasteiger partial charge < -0.3 is 4.57 Å². The quantitative estimate of drug-likeness (QED) is 0.719. The first-order valence-electron chi connectivity index (χ1n) is 7.30. The normalized spacial score (nSPS) is 12.0. The molecule has 0 amide bonds. The maximum atomic E-state index is 12.4. The molecule has 0 aliphatic rings. The van der Waals surface area contributed by atoms with E-state index >= 15 is 0 Å². The molecule has 4 nitrogen and oxygen atoms in total. The van der Waals surface area contributed by atoms with Gasteiger partial charge in [-0.05, 0) is 36.8 Å². The van der Waals surface area contributed by atoms with Gasteiger partial charge in [-0.1, -0.05) is 30.7 Å². The van der Waals surface area contributed by atoms with E-state index in [1.54, 1.807) is 25.1 Å². The second-order valence-electron chi connectivity index (χ2n) is 5.51. The number of rotatable bonds is 3. The summed E-state index contributed by atoms with van der Waals surface area (Å²) in [4.78, 5) is 4.93. The van der Waals surface area contributed by atoms with Crippen LogP contribution in [0.5, 0.6) is 0 Å². The Balaban J connectivity index is 2.35. The molecule has 2 aromatic carbocycles. The van der Waals surface area contributed by atoms with Crippen LogP contribution in [0.2, 0.25) is 5.02 Å². The zero-order valence-corrected chi connectivity index (χ0v) is 14.7. The zero-order valence-electron chi connectivity index (χ0n) is 13.2. The summed E-state index contributed by atoms with van der Waals surface area (Å²) in [6.45, 7) is 3.59. The van der Waals surface area contributed by atoms with Crippen molar-refractivity contribution in [3.63, 3.8) is 0 Å². The third-order valence-electron chi connectivity index (χ3n) is 3.91. The lowest BCUT2D eigenvalue weighted by Crippen LogP contribution is -2.07. The first kappa shape index (κ1) is 16.0. The van der Waals surface area contributed by atoms with Crippen molar-refractivity contribution in [3.8, 4) is 11.4 Å². The molecule has 120 valence electrons. The number of halogens is 1. The highest BCUT2D eigenvalue weighted by atomic mass is 35.5. The van der Waals surface area contributed by atoms with Crippen LogP contribution in [0.1, 0.15) is 12.5 Å². The Kier molecular flexibility index (Phi) is 3.94. The van der Waals surface area contributed by atoms with Crippen molar-refractivity contribution < 1.29 is 8.42 Å². The molecule has 0 fully saturated rings. The minimum atomic E-state index is -3.34. The molecular weight excluding hydrogens is 332 g/mol. The van der Waals surface area contributed by atoms with Crippen molar-refractivity contribution in [2.24, 2.45) is 7.05 Å². The van der Waals surface area contributed by atoms with Crippen molar-refractivity contribution in [1.29, 1.82) is 0 Å². The van der Waals surface area contributed by atoms with Gasteiger partial charge in [0.15, 0.2) is 9.84 Å². The van der Waals surface area contributed by atoms with Crippen molar-refractivity contribution in [2.75, 3.05) is 5.75 Å². The maximum Gasteiger partial charge on any atom is 0.178 e. The van der Waals surface area contributed by atoms with Gasteiger partial charge in [-0.25, -0.2) is 13.4 Å². The SMILES string of the molecule is CCS(=O)(=O)c1ccccc1-c1nc2cc(C)cc(Cl)c2n1C. The van der Waals surface area contributed by atoms with Crippen molar-refractivity contribution >= 4 is 32.5 Å². The molecule has 0 bridgehead atoms. The number of aromatic nitrogens is 2. The molecule has 0 radical (unpaired) electrons. The fourth-order valence-electron chi connectivity index (χ4n) is 2.75. The largest absolute Gasteiger partial charge is 0.326 e. The summed E-state index contributed by atoms with van der Waals surface area (Å²) in [6, 6.07) is 10.8. The second-order valence-corrected chi connectivity index (χ2v) is 8.16. The predicted octanol–water partition coefficient (Wildman–Crippen LogP) is 4.00. The molecule has 3 aromatic rings. The standard InChI is InChI=1S/C17H17ClN2O2S/c1-4-23(21,22)15-8-6-5-7-12(15)17-19-14-10-11(2)9-13(18)16(14)20(17)3/h5-10H,4H2,1-3H3. The molecule has 0 aliphatic heterocycles. The highest BCUT2D eigenvalue weighted by molar-refractivity contribution is 7.91. The Hall–Kier alpha value is -1.85. The molecule has 6 heteroatoms. The van der Waals surface area contributed by atoms with Crippen LogP contribution in [0.15, 0.2) is 41.3 Å². The average molecular weight is 349 g/mol. The highest BCUT2D eigenvalue weighted by Gasteiger charge is 2.21. The molecule has 0 unspecified atom stereocenters. The Morgan fingerprint density at radius 3 is 2.61 bits per heavy atom. The number of nitrogens with zero attached hydrogens (tertiary/aromatic N) is 2. The number of hydrogen-bond acceptors (Lipinski definition) is 3. The molecule has 0 aliphatic carbocycles. The topological polar surface area (TPSA) is 52.0 Å². The molecule has 23 heavy (non-hydrogen) atoms. The van der Waals surface area contributed by atoms with Gasteiger partial charge in [-0.3, -0.25) is 0 Å². The Labute approximate surface area is 140 Å². The first-order chi connectivity index (χ1) is 10.8. The Morgan fingerprint density at radius 1 is 1.22 bits per heavy atom. The number of imidazole rings is 1. The summed E-state index contributed by atoms with van der Waals surface area (Å²) in [5, 5.41) is 0.608. The van der Waals surface area contributed by atoms with Gasteiger partial charge in [0, 0.05) is 12.6 Å². The second kappa shape index (κ2) is 5.65. The fraction of sp³-hybridized carbons (Fsp3) is 0.235. The van der Waals surface area contributed by atoms with E-state index in [1.807, 2.05) is 36.7 Å². The molecule has 1 aromatic heterocycles. The molecule has 0 saturated carbocycles. The predicted molar refractivity (Wildman–Crippen MR) is 93.6 cm³/mol. The zero-order chi connectivity index (χ0) is 16.8. The number of fused-ring (bicyclic) bond motifs is 1. The van der Waals surface area contributed by atoms with Gasteiger partial charge in [0.2, 0.25) is 0 Å². The van der Waals surface area contributed by atoms with E-state index in [0.717, 1.165) is 16.6 Å². The summed E-state index contributed by atoms with van der Waals surface area (Å²) in [5.74, 6) is 0.647. The van der Waals surface area contributed by atoms with Gasteiger partial charge in [0.1, 0.15) is 5.82 Å². The third-order valence-corrected chi connectivity index (χ3v) is 5.98. The van der Waals surface area contributed by atoms with E-state index in [9.17, 15) is 8.42 Å². The molecular formula is C17H17ClN2O2S. The third kappa shape index (κ3) is 2.64. The smallest absolute Gasteiger partial charge is 0.178 e. The Bertz CT molecular complexity index is 1010. The van der Waals surface area contributed by atoms with E-state index in [0.29, 0.717) is 21.3 Å². The van der Waals surface area contributed by atoms with E-state index in [1.165, 1.54) is 0 Å². The monoisotopic (exact) mass is 348 g/mol. The van der Waals surface area contributed by atoms with Crippen molar-refractivity contribution in [3.05, 3.63) is 47.0 Å². The molecule has 0 saturated heterocycles. The summed E-state index contributed by atoms with van der Waals surface area (Å²) in [6.07, 6.45) is 0. The summed E-state index contributed by atoms with van der Waals surface area (Å²) in [7, 11) is -1.49. The van der Waals surface area contributed by atoms with Gasteiger partial charge in [0.05, 0.1) is 26.7 Å². The molecule has 1 heterocycles. The summed E-state index contributed by atoms with van der Waals surface area (Å²) in [5.41, 5.74) is 3.18. The van der Waals surface area contributed by atoms with Crippen LogP contribution in [0.4, 0.5) is 0 Å². The van der Waals surface area contributed by atoms with Crippen molar-refractivity contribution in [1.82, 2.24) is 9.55 Å². The first-order valence-corrected chi connectivity index (χ1v) is 9.33. The minimum Gasteiger partial charge on any atom is -0.326 e. The summed E-state index contributed by atoms with van der Waals surface area (Å²) >= 11 is 6.35. The van der Waals surface area contributed by atoms with Crippen molar-refractivity contribution in [2.45, 2.75) is 18.7 Å². The lowest BCUT2D eigenvalue weighted by molar-refractivity contribution is 0.597. The molecule has 0 N–H and O–H groups in total. The van der Waals surface area contributed by atoms with Crippen LogP contribution < -0.4 is 0 Å². The van der Waals surface area contributed by atoms with Crippen LogP contribution >= 0.6 is 11.6 Å². The lowest BCUT2D eigenvalue weighted by atomic mass is 10.2. The fourth-order valence-corrected chi connectivity index (χ4v) is 4.23. The Morgan fingerprint density at radius 2 is 1.91 bits per heavy atom. The summed E-state index contributed by atoms with van der Waals surface area (Å²) < 4.78 is 26.6. The number of hydrogen-bond donors (Lipinski definition) is 0. The van der Waals surface area contributed by atoms with E-state index < -0.39 is 9.84 Å². The minimum absolute atomic E-state index is 0.0494. The van der Waals surface area contributed by atoms with Crippen LogP contribution in [0, 0.1) is 6.92 Å². The maximum absolute atomic E-state index is 12.4. The molecule has 0 atom stereocenters. The van der Waals surface area contributed by atoms with Gasteiger partial charge in [-0.15, -0.1) is 0 Å². The van der Waals surface area contributed by atoms with Crippen LogP contribution in [0.25, 0.3) is 22.4 Å². The number of aryl methyl sites for hydroxylation is 2. The lowest BCUT2D eigenvalue weighted by Gasteiger charge is -2.09. The van der Waals surface area contributed by atoms with Gasteiger partial charge in [0.25, 0.3) is 0 Å². The van der Waals surface area contributed by atoms with Crippen LogP contribution in [-0.4, -0.2) is 23.7 Å². The highest BCUT2D eigenvalue weighted by Crippen LogP contribution is 2.32. The average Bonchev–Trinajstić information content (AvgIpc) is 2.84. The van der Waals surface area contributed by atoms with E-state index in [2.05, 4.69) is 4.98 Å². The van der Waals surface area contributed by atoms with Crippen LogP contribution in [-0.2, 0) is 16.9 Å². The molecule has 0 spiro atoms. The van der Waals surface area contributed by atoms with E-state index in [-0.39, 0.29) is 5.75 Å². The number of sulfone groups is 1. The van der Waals surface area contributed by atoms with Gasteiger partial charge >= 0.3 is 0 Å². The number of benzene rings is 2.